The molecular weight excluding hydrogens is 138 g/mol. The maximum absolute atomic E-state index is 5.10. The third-order valence-corrected chi connectivity index (χ3v) is 2.56. The summed E-state index contributed by atoms with van der Waals surface area (Å²) in [6.07, 6.45) is 4.86. The monoisotopic (exact) mass is 155 g/mol. The average molecular weight is 155 g/mol. The molecule has 11 heavy (non-hydrogen) atoms. The Morgan fingerprint density at radius 3 is 2.27 bits per heavy atom. The molecule has 0 amide bonds. The zero-order valence-electron chi connectivity index (χ0n) is 7.18. The second kappa shape index (κ2) is 3.88. The Labute approximate surface area is 68.4 Å². The topological polar surface area (TPSA) is 35.2 Å². The molecule has 1 rings (SSSR count). The van der Waals surface area contributed by atoms with Crippen molar-refractivity contribution in [3.63, 3.8) is 0 Å². The van der Waals surface area contributed by atoms with Gasteiger partial charge in [-0.1, -0.05) is 12.2 Å². The molecule has 1 saturated carbocycles. The first-order valence-corrected chi connectivity index (χ1v) is 4.25. The fourth-order valence-electron chi connectivity index (χ4n) is 1.69. The van der Waals surface area contributed by atoms with E-state index in [0.717, 1.165) is 12.8 Å². The number of rotatable bonds is 2. The number of nitrogens with two attached hydrogens (primary N) is 1. The number of hydrogen-bond acceptors (Lipinski definition) is 2. The molecule has 0 atom stereocenters. The molecule has 0 unspecified atom stereocenters. The molecule has 0 aliphatic heterocycles. The molecule has 0 heterocycles. The molecule has 0 bridgehead atoms. The average Bonchev–Trinajstić information content (AvgIpc) is 2.05. The Balaban J connectivity index is 2.30. The van der Waals surface area contributed by atoms with E-state index in [-0.39, 0.29) is 0 Å². The van der Waals surface area contributed by atoms with Crippen molar-refractivity contribution in [1.82, 2.24) is 0 Å². The molecule has 1 aliphatic rings. The lowest BCUT2D eigenvalue weighted by atomic mass is 9.84. The first-order chi connectivity index (χ1) is 5.24. The molecule has 64 valence electrons. The van der Waals surface area contributed by atoms with Gasteiger partial charge in [0, 0.05) is 0 Å². The van der Waals surface area contributed by atoms with E-state index in [1.807, 2.05) is 0 Å². The van der Waals surface area contributed by atoms with Crippen LogP contribution in [0.15, 0.2) is 12.2 Å². The summed E-state index contributed by atoms with van der Waals surface area (Å²) >= 11 is 0. The molecule has 1 fully saturated rings. The summed E-state index contributed by atoms with van der Waals surface area (Å²) in [7, 11) is 0. The van der Waals surface area contributed by atoms with Gasteiger partial charge >= 0.3 is 0 Å². The van der Waals surface area contributed by atoms with Crippen molar-refractivity contribution in [3.8, 4) is 0 Å². The van der Waals surface area contributed by atoms with Crippen LogP contribution in [0.3, 0.4) is 0 Å². The van der Waals surface area contributed by atoms with Crippen molar-refractivity contribution in [2.24, 2.45) is 11.8 Å². The van der Waals surface area contributed by atoms with E-state index < -0.39 is 0 Å². The van der Waals surface area contributed by atoms with Crippen molar-refractivity contribution in [2.75, 3.05) is 0 Å². The lowest BCUT2D eigenvalue weighted by molar-refractivity contribution is 0.0207. The van der Waals surface area contributed by atoms with Gasteiger partial charge in [-0.05, 0) is 38.5 Å². The van der Waals surface area contributed by atoms with Gasteiger partial charge in [0.2, 0.25) is 0 Å². The molecule has 0 aromatic rings. The van der Waals surface area contributed by atoms with Gasteiger partial charge in [-0.3, -0.25) is 0 Å². The highest BCUT2D eigenvalue weighted by atomic mass is 16.6. The molecular formula is C9H17NO. The summed E-state index contributed by atoms with van der Waals surface area (Å²) in [6, 6.07) is 0. The predicted molar refractivity (Wildman–Crippen MR) is 45.8 cm³/mol. The van der Waals surface area contributed by atoms with Crippen molar-refractivity contribution < 1.29 is 4.84 Å². The summed E-state index contributed by atoms with van der Waals surface area (Å²) in [6.45, 7) is 6.06. The fraction of sp³-hybridized carbons (Fsp3) is 0.778. The summed E-state index contributed by atoms with van der Waals surface area (Å²) in [5.41, 5.74) is 1.31. The highest BCUT2D eigenvalue weighted by Crippen LogP contribution is 2.29. The standard InChI is InChI=1S/C9H17NO/c1-7(2)8-3-5-9(11-10)6-4-8/h8-9H,1,3-6,10H2,2H3. The lowest BCUT2D eigenvalue weighted by Crippen LogP contribution is -2.24. The minimum absolute atomic E-state index is 0.297. The zero-order valence-corrected chi connectivity index (χ0v) is 7.18. The molecule has 0 spiro atoms. The number of allylic oxidation sites excluding steroid dienone is 1. The Morgan fingerprint density at radius 2 is 1.91 bits per heavy atom. The van der Waals surface area contributed by atoms with Crippen LogP contribution in [0, 0.1) is 5.92 Å². The molecule has 2 N–H and O–H groups in total. The van der Waals surface area contributed by atoms with Gasteiger partial charge in [0.15, 0.2) is 0 Å². The van der Waals surface area contributed by atoms with Crippen molar-refractivity contribution >= 4 is 0 Å². The van der Waals surface area contributed by atoms with Gasteiger partial charge in [0.05, 0.1) is 6.10 Å². The maximum Gasteiger partial charge on any atom is 0.0787 e. The van der Waals surface area contributed by atoms with Crippen LogP contribution in [-0.4, -0.2) is 6.10 Å². The molecule has 0 saturated heterocycles. The Hall–Kier alpha value is -0.340. The van der Waals surface area contributed by atoms with Gasteiger partial charge < -0.3 is 4.84 Å². The van der Waals surface area contributed by atoms with Crippen molar-refractivity contribution in [2.45, 2.75) is 38.7 Å². The van der Waals surface area contributed by atoms with Gasteiger partial charge in [-0.2, -0.15) is 0 Å². The second-order valence-corrected chi connectivity index (χ2v) is 3.46. The lowest BCUT2D eigenvalue weighted by Gasteiger charge is -2.27. The van der Waals surface area contributed by atoms with E-state index >= 15 is 0 Å². The van der Waals surface area contributed by atoms with E-state index in [2.05, 4.69) is 13.5 Å². The molecule has 0 radical (unpaired) electrons. The minimum Gasteiger partial charge on any atom is -0.301 e. The molecule has 2 nitrogen and oxygen atoms in total. The highest BCUT2D eigenvalue weighted by molar-refractivity contribution is 4.97. The van der Waals surface area contributed by atoms with Crippen LogP contribution in [-0.2, 0) is 4.84 Å². The van der Waals surface area contributed by atoms with E-state index in [0.29, 0.717) is 12.0 Å². The SMILES string of the molecule is C=C(C)C1CCC(ON)CC1. The van der Waals surface area contributed by atoms with Crippen molar-refractivity contribution in [1.29, 1.82) is 0 Å². The molecule has 1 aliphatic carbocycles. The first-order valence-electron chi connectivity index (χ1n) is 4.25. The van der Waals surface area contributed by atoms with Gasteiger partial charge in [-0.15, -0.1) is 0 Å². The van der Waals surface area contributed by atoms with Crippen LogP contribution in [0.4, 0.5) is 0 Å². The third kappa shape index (κ3) is 2.31. The van der Waals surface area contributed by atoms with E-state index in [1.54, 1.807) is 0 Å². The summed E-state index contributed by atoms with van der Waals surface area (Å²) in [4.78, 5) is 4.79. The first kappa shape index (κ1) is 8.75. The fourth-order valence-corrected chi connectivity index (χ4v) is 1.69. The normalized spacial score (nSPS) is 31.8. The van der Waals surface area contributed by atoms with Gasteiger partial charge in [-0.25, -0.2) is 5.90 Å². The van der Waals surface area contributed by atoms with Crippen LogP contribution in [0.1, 0.15) is 32.6 Å². The summed E-state index contributed by atoms with van der Waals surface area (Å²) < 4.78 is 0. The quantitative estimate of drug-likeness (QED) is 0.489. The summed E-state index contributed by atoms with van der Waals surface area (Å²) in [5, 5.41) is 0. The van der Waals surface area contributed by atoms with Crippen LogP contribution in [0.2, 0.25) is 0 Å². The largest absolute Gasteiger partial charge is 0.301 e. The molecule has 0 aromatic carbocycles. The Morgan fingerprint density at radius 1 is 1.36 bits per heavy atom. The molecule has 0 aromatic heterocycles. The van der Waals surface area contributed by atoms with Crippen molar-refractivity contribution in [3.05, 3.63) is 12.2 Å². The summed E-state index contributed by atoms with van der Waals surface area (Å²) in [5.74, 6) is 5.81. The number of hydrogen-bond donors (Lipinski definition) is 1. The van der Waals surface area contributed by atoms with E-state index in [4.69, 9.17) is 10.7 Å². The van der Waals surface area contributed by atoms with Crippen LogP contribution in [0.5, 0.6) is 0 Å². The zero-order chi connectivity index (χ0) is 8.27. The predicted octanol–water partition coefficient (Wildman–Crippen LogP) is 2.01. The smallest absolute Gasteiger partial charge is 0.0787 e. The van der Waals surface area contributed by atoms with E-state index in [1.165, 1.54) is 18.4 Å². The van der Waals surface area contributed by atoms with Gasteiger partial charge in [0.1, 0.15) is 0 Å². The Bertz CT molecular complexity index is 136. The second-order valence-electron chi connectivity index (χ2n) is 3.46. The third-order valence-electron chi connectivity index (χ3n) is 2.56. The Kier molecular flexibility index (Phi) is 3.09. The highest BCUT2D eigenvalue weighted by Gasteiger charge is 2.21. The van der Waals surface area contributed by atoms with Crippen LogP contribution < -0.4 is 5.90 Å². The van der Waals surface area contributed by atoms with E-state index in [9.17, 15) is 0 Å². The minimum atomic E-state index is 0.297. The van der Waals surface area contributed by atoms with Gasteiger partial charge in [0.25, 0.3) is 0 Å². The maximum atomic E-state index is 5.10. The van der Waals surface area contributed by atoms with Crippen LogP contribution >= 0.6 is 0 Å². The molecule has 2 heteroatoms. The van der Waals surface area contributed by atoms with Crippen LogP contribution in [0.25, 0.3) is 0 Å².